The van der Waals surface area contributed by atoms with Crippen LogP contribution in [-0.2, 0) is 4.74 Å². The molecule has 32 heavy (non-hydrogen) atoms. The molecule has 3 aromatic rings. The Morgan fingerprint density at radius 2 is 1.97 bits per heavy atom. The number of nitrogens with zero attached hydrogens (tertiary/aromatic N) is 4. The number of hydrogen-bond acceptors (Lipinski definition) is 8. The van der Waals surface area contributed by atoms with Crippen LogP contribution in [0.3, 0.4) is 0 Å². The average molecular weight is 478 g/mol. The van der Waals surface area contributed by atoms with E-state index in [4.69, 9.17) is 21.1 Å². The van der Waals surface area contributed by atoms with Gasteiger partial charge >= 0.3 is 0 Å². The molecule has 4 rings (SSSR count). The van der Waals surface area contributed by atoms with E-state index in [1.807, 2.05) is 27.7 Å². The number of anilines is 1. The third-order valence-corrected chi connectivity index (χ3v) is 6.28. The van der Waals surface area contributed by atoms with E-state index >= 15 is 0 Å². The molecule has 10 heteroatoms. The maximum absolute atomic E-state index is 14.7. The molecule has 1 fully saturated rings. The topological polar surface area (TPSA) is 82.1 Å². The van der Waals surface area contributed by atoms with Gasteiger partial charge in [-0.25, -0.2) is 14.4 Å². The predicted molar refractivity (Wildman–Crippen MR) is 124 cm³/mol. The molecule has 0 bridgehead atoms. The number of benzene rings is 1. The highest BCUT2D eigenvalue weighted by Crippen LogP contribution is 2.37. The van der Waals surface area contributed by atoms with E-state index in [9.17, 15) is 4.39 Å². The monoisotopic (exact) mass is 477 g/mol. The molecule has 1 aliphatic heterocycles. The maximum atomic E-state index is 14.7. The molecule has 3 heterocycles. The SMILES string of the molecule is CC(C)Nc1ncc(-c2nnc(-c3cc(F)c(OCC4COC(C)(C)C4)cc3Cl)s2)cn1. The van der Waals surface area contributed by atoms with E-state index in [2.05, 4.69) is 25.5 Å². The summed E-state index contributed by atoms with van der Waals surface area (Å²) in [5.41, 5.74) is 1.02. The van der Waals surface area contributed by atoms with Gasteiger partial charge < -0.3 is 14.8 Å². The molecule has 1 atom stereocenters. The zero-order valence-corrected chi connectivity index (χ0v) is 19.9. The summed E-state index contributed by atoms with van der Waals surface area (Å²) in [4.78, 5) is 8.58. The van der Waals surface area contributed by atoms with Crippen LogP contribution in [0.2, 0.25) is 5.02 Å². The summed E-state index contributed by atoms with van der Waals surface area (Å²) >= 11 is 7.73. The smallest absolute Gasteiger partial charge is 0.222 e. The first kappa shape index (κ1) is 22.8. The van der Waals surface area contributed by atoms with Gasteiger partial charge in [-0.05, 0) is 40.2 Å². The van der Waals surface area contributed by atoms with Crippen molar-refractivity contribution >= 4 is 28.9 Å². The lowest BCUT2D eigenvalue weighted by Gasteiger charge is -2.16. The van der Waals surface area contributed by atoms with Crippen LogP contribution in [0, 0.1) is 11.7 Å². The molecule has 1 aromatic carbocycles. The first-order valence-corrected chi connectivity index (χ1v) is 11.6. The van der Waals surface area contributed by atoms with Gasteiger partial charge in [-0.2, -0.15) is 0 Å². The summed E-state index contributed by atoms with van der Waals surface area (Å²) in [5.74, 6) is 0.390. The highest BCUT2D eigenvalue weighted by Gasteiger charge is 2.32. The van der Waals surface area contributed by atoms with E-state index < -0.39 is 5.82 Å². The molecule has 0 amide bonds. The molecule has 1 saturated heterocycles. The van der Waals surface area contributed by atoms with Crippen molar-refractivity contribution in [2.75, 3.05) is 18.5 Å². The number of aromatic nitrogens is 4. The Morgan fingerprint density at radius 3 is 2.62 bits per heavy atom. The van der Waals surface area contributed by atoms with Crippen LogP contribution in [0.1, 0.15) is 34.1 Å². The van der Waals surface area contributed by atoms with Crippen LogP contribution in [0.25, 0.3) is 21.1 Å². The quantitative estimate of drug-likeness (QED) is 0.483. The fourth-order valence-electron chi connectivity index (χ4n) is 3.49. The van der Waals surface area contributed by atoms with E-state index in [-0.39, 0.29) is 23.3 Å². The third-order valence-electron chi connectivity index (χ3n) is 4.96. The second-order valence-corrected chi connectivity index (χ2v) is 10.1. The molecule has 0 saturated carbocycles. The number of halogens is 2. The zero-order valence-electron chi connectivity index (χ0n) is 18.4. The lowest BCUT2D eigenvalue weighted by Crippen LogP contribution is -2.18. The normalized spacial score (nSPS) is 17.7. The van der Waals surface area contributed by atoms with Gasteiger partial charge in [0.05, 0.1) is 23.8 Å². The molecule has 0 aliphatic carbocycles. The van der Waals surface area contributed by atoms with Crippen LogP contribution in [0.15, 0.2) is 24.5 Å². The Labute approximate surface area is 195 Å². The lowest BCUT2D eigenvalue weighted by atomic mass is 9.99. The second kappa shape index (κ2) is 9.25. The van der Waals surface area contributed by atoms with Gasteiger partial charge in [-0.15, -0.1) is 10.2 Å². The predicted octanol–water partition coefficient (Wildman–Crippen LogP) is 5.47. The van der Waals surface area contributed by atoms with Crippen molar-refractivity contribution in [3.63, 3.8) is 0 Å². The first-order valence-electron chi connectivity index (χ1n) is 10.4. The number of rotatable bonds is 7. The number of hydrogen-bond donors (Lipinski definition) is 1. The Bertz CT molecular complexity index is 1090. The van der Waals surface area contributed by atoms with Crippen molar-refractivity contribution in [2.45, 2.75) is 45.8 Å². The molecule has 7 nitrogen and oxygen atoms in total. The highest BCUT2D eigenvalue weighted by molar-refractivity contribution is 7.18. The Morgan fingerprint density at radius 1 is 1.25 bits per heavy atom. The van der Waals surface area contributed by atoms with Gasteiger partial charge in [-0.1, -0.05) is 22.9 Å². The van der Waals surface area contributed by atoms with Crippen molar-refractivity contribution in [1.82, 2.24) is 20.2 Å². The molecular formula is C22H25ClFN5O2S. The van der Waals surface area contributed by atoms with Crippen molar-refractivity contribution < 1.29 is 13.9 Å². The van der Waals surface area contributed by atoms with Crippen LogP contribution in [0.4, 0.5) is 10.3 Å². The van der Waals surface area contributed by atoms with Gasteiger partial charge in [0.1, 0.15) is 5.01 Å². The van der Waals surface area contributed by atoms with Crippen LogP contribution >= 0.6 is 22.9 Å². The fourth-order valence-corrected chi connectivity index (χ4v) is 4.64. The zero-order chi connectivity index (χ0) is 22.9. The van der Waals surface area contributed by atoms with Crippen molar-refractivity contribution in [3.8, 4) is 26.9 Å². The van der Waals surface area contributed by atoms with Gasteiger partial charge in [0.15, 0.2) is 16.6 Å². The van der Waals surface area contributed by atoms with Crippen LogP contribution in [0.5, 0.6) is 5.75 Å². The van der Waals surface area contributed by atoms with Crippen molar-refractivity contribution in [2.24, 2.45) is 5.92 Å². The largest absolute Gasteiger partial charge is 0.490 e. The second-order valence-electron chi connectivity index (χ2n) is 8.72. The molecule has 0 spiro atoms. The van der Waals surface area contributed by atoms with E-state index in [0.29, 0.717) is 39.8 Å². The molecule has 0 radical (unpaired) electrons. The van der Waals surface area contributed by atoms with Crippen molar-refractivity contribution in [1.29, 1.82) is 0 Å². The van der Waals surface area contributed by atoms with E-state index in [1.165, 1.54) is 23.5 Å². The molecule has 1 unspecified atom stereocenters. The third kappa shape index (κ3) is 5.33. The van der Waals surface area contributed by atoms with Gasteiger partial charge in [0.2, 0.25) is 5.95 Å². The Hall–Kier alpha value is -2.36. The Balaban J connectivity index is 1.47. The molecule has 1 N–H and O–H groups in total. The summed E-state index contributed by atoms with van der Waals surface area (Å²) in [6, 6.07) is 3.06. The first-order chi connectivity index (χ1) is 15.2. The number of ether oxygens (including phenoxy) is 2. The summed E-state index contributed by atoms with van der Waals surface area (Å²) in [6.07, 6.45) is 4.22. The fraction of sp³-hybridized carbons (Fsp3) is 0.455. The van der Waals surface area contributed by atoms with Gasteiger partial charge in [-0.3, -0.25) is 0 Å². The van der Waals surface area contributed by atoms with Crippen molar-refractivity contribution in [3.05, 3.63) is 35.4 Å². The lowest BCUT2D eigenvalue weighted by molar-refractivity contribution is 0.0340. The average Bonchev–Trinajstić information content (AvgIpc) is 3.35. The molecule has 170 valence electrons. The summed E-state index contributed by atoms with van der Waals surface area (Å²) in [5, 5.41) is 13.0. The minimum atomic E-state index is -0.494. The van der Waals surface area contributed by atoms with E-state index in [0.717, 1.165) is 12.0 Å². The summed E-state index contributed by atoms with van der Waals surface area (Å²) < 4.78 is 26.1. The molecule has 1 aliphatic rings. The van der Waals surface area contributed by atoms with Gasteiger partial charge in [0, 0.05) is 41.5 Å². The summed E-state index contributed by atoms with van der Waals surface area (Å²) in [7, 11) is 0. The van der Waals surface area contributed by atoms with Gasteiger partial charge in [0.25, 0.3) is 0 Å². The minimum Gasteiger partial charge on any atom is -0.490 e. The minimum absolute atomic E-state index is 0.120. The number of nitrogens with one attached hydrogen (secondary N) is 1. The highest BCUT2D eigenvalue weighted by atomic mass is 35.5. The van der Waals surface area contributed by atoms with E-state index in [1.54, 1.807) is 12.4 Å². The summed E-state index contributed by atoms with van der Waals surface area (Å²) in [6.45, 7) is 9.08. The standard InChI is InChI=1S/C22H25ClFN5O2S/c1-12(2)27-21-25-8-14(9-26-21)19-28-29-20(32-19)15-5-17(24)18(6-16(15)23)30-10-13-7-22(3,4)31-11-13/h5-6,8-9,12-13H,7,10-11H2,1-4H3,(H,25,26,27). The van der Waals surface area contributed by atoms with Crippen LogP contribution in [-0.4, -0.2) is 45.0 Å². The maximum Gasteiger partial charge on any atom is 0.222 e. The Kier molecular flexibility index (Phi) is 6.60. The molecule has 2 aromatic heterocycles. The molecular weight excluding hydrogens is 453 g/mol. The van der Waals surface area contributed by atoms with Crippen LogP contribution < -0.4 is 10.1 Å².